The summed E-state index contributed by atoms with van der Waals surface area (Å²) in [5.74, 6) is 0.119. The first-order valence-corrected chi connectivity index (χ1v) is 7.61. The number of carbonyl (C=O) groups excluding carboxylic acids is 1. The van der Waals surface area contributed by atoms with Crippen LogP contribution >= 0.6 is 0 Å². The van der Waals surface area contributed by atoms with E-state index in [1.54, 1.807) is 6.92 Å². The van der Waals surface area contributed by atoms with Crippen molar-refractivity contribution in [1.29, 1.82) is 0 Å². The minimum Gasteiger partial charge on any atom is -0.295 e. The second-order valence-corrected chi connectivity index (χ2v) is 5.18. The average molecular weight is 304 g/mol. The van der Waals surface area contributed by atoms with E-state index < -0.39 is 0 Å². The van der Waals surface area contributed by atoms with Crippen molar-refractivity contribution in [3.05, 3.63) is 90.7 Å². The quantitative estimate of drug-likeness (QED) is 0.384. The maximum Gasteiger partial charge on any atom is 0.155 e. The van der Waals surface area contributed by atoms with Gasteiger partial charge in [0.15, 0.2) is 5.78 Å². The number of allylic oxidation sites excluding steroid dienone is 6. The van der Waals surface area contributed by atoms with Gasteiger partial charge in [-0.15, -0.1) is 18.9 Å². The number of carbonyl (C=O) groups is 1. The van der Waals surface area contributed by atoms with E-state index >= 15 is 0 Å². The first-order chi connectivity index (χ1) is 11.1. The summed E-state index contributed by atoms with van der Waals surface area (Å²) < 4.78 is 0. The molecule has 0 N–H and O–H groups in total. The highest BCUT2D eigenvalue weighted by atomic mass is 16.1. The summed E-state index contributed by atoms with van der Waals surface area (Å²) >= 11 is 0. The molecule has 0 spiro atoms. The van der Waals surface area contributed by atoms with Crippen molar-refractivity contribution in [3.63, 3.8) is 0 Å². The highest BCUT2D eigenvalue weighted by Crippen LogP contribution is 2.40. The van der Waals surface area contributed by atoms with E-state index in [1.165, 1.54) is 5.56 Å². The Morgan fingerprint density at radius 2 is 1.87 bits per heavy atom. The molecule has 1 heteroatoms. The molecule has 0 unspecified atom stereocenters. The zero-order valence-corrected chi connectivity index (χ0v) is 14.1. The molecule has 0 aliphatic heterocycles. The van der Waals surface area contributed by atoms with Crippen molar-refractivity contribution in [2.75, 3.05) is 0 Å². The molecule has 2 rings (SSSR count). The molecule has 118 valence electrons. The molecule has 0 fully saturated rings. The molecular formula is C22H24O. The predicted molar refractivity (Wildman–Crippen MR) is 101 cm³/mol. The predicted octanol–water partition coefficient (Wildman–Crippen LogP) is 5.93. The van der Waals surface area contributed by atoms with Crippen molar-refractivity contribution in [2.24, 2.45) is 0 Å². The lowest BCUT2D eigenvalue weighted by Crippen LogP contribution is -2.03. The van der Waals surface area contributed by atoms with Crippen LogP contribution in [0.15, 0.2) is 79.6 Å². The first-order valence-electron chi connectivity index (χ1n) is 7.61. The molecule has 1 aromatic rings. The van der Waals surface area contributed by atoms with Gasteiger partial charge >= 0.3 is 0 Å². The average Bonchev–Trinajstić information content (AvgIpc) is 2.57. The van der Waals surface area contributed by atoms with E-state index in [4.69, 9.17) is 0 Å². The van der Waals surface area contributed by atoms with Crippen molar-refractivity contribution >= 4 is 16.9 Å². The standard InChI is InChI=1S/C20H20O.C2H4/c1-5-16(15(4)21)11-12-17-13-14(3)19-9-7-8-10-20(19)18(17)6-2;1-2/h5,7-10,12H,2-3,11,13H2,1,4H3;1-2H2/b16-5+,17-12+;. The summed E-state index contributed by atoms with van der Waals surface area (Å²) in [6.07, 6.45) is 5.40. The van der Waals surface area contributed by atoms with Gasteiger partial charge in [-0.2, -0.15) is 0 Å². The molecule has 0 saturated heterocycles. The maximum absolute atomic E-state index is 11.5. The molecule has 0 saturated carbocycles. The van der Waals surface area contributed by atoms with Crippen molar-refractivity contribution in [1.82, 2.24) is 0 Å². The van der Waals surface area contributed by atoms with Crippen LogP contribution in [0.25, 0.3) is 11.1 Å². The van der Waals surface area contributed by atoms with E-state index in [1.807, 2.05) is 25.1 Å². The van der Waals surface area contributed by atoms with Crippen LogP contribution in [0.4, 0.5) is 0 Å². The molecule has 0 bridgehead atoms. The Morgan fingerprint density at radius 3 is 2.39 bits per heavy atom. The Kier molecular flexibility index (Phi) is 6.99. The minimum atomic E-state index is 0.119. The zero-order valence-electron chi connectivity index (χ0n) is 14.1. The normalized spacial score (nSPS) is 15.4. The number of rotatable bonds is 3. The number of fused-ring (bicyclic) bond motifs is 1. The van der Waals surface area contributed by atoms with Crippen LogP contribution < -0.4 is 0 Å². The van der Waals surface area contributed by atoms with Crippen LogP contribution in [-0.4, -0.2) is 5.78 Å². The summed E-state index contributed by atoms with van der Waals surface area (Å²) in [7, 11) is 0. The fourth-order valence-electron chi connectivity index (χ4n) is 2.68. The number of hydrogen-bond acceptors (Lipinski definition) is 1. The molecule has 1 nitrogen and oxygen atoms in total. The molecule has 1 aliphatic carbocycles. The van der Waals surface area contributed by atoms with E-state index in [9.17, 15) is 4.79 Å². The summed E-state index contributed by atoms with van der Waals surface area (Å²) in [6.45, 7) is 17.5. The summed E-state index contributed by atoms with van der Waals surface area (Å²) in [5.41, 5.74) is 9.44. The monoisotopic (exact) mass is 304 g/mol. The van der Waals surface area contributed by atoms with Crippen LogP contribution in [0.2, 0.25) is 0 Å². The number of benzene rings is 1. The minimum absolute atomic E-state index is 0.119. The van der Waals surface area contributed by atoms with E-state index in [0.29, 0.717) is 6.42 Å². The summed E-state index contributed by atoms with van der Waals surface area (Å²) in [5, 5.41) is 0. The van der Waals surface area contributed by atoms with Crippen molar-refractivity contribution in [3.8, 4) is 0 Å². The van der Waals surface area contributed by atoms with Crippen molar-refractivity contribution < 1.29 is 4.79 Å². The fourth-order valence-corrected chi connectivity index (χ4v) is 2.68. The smallest absolute Gasteiger partial charge is 0.155 e. The first kappa shape index (κ1) is 18.4. The fraction of sp³-hybridized carbons (Fsp3) is 0.182. The maximum atomic E-state index is 11.5. The Morgan fingerprint density at radius 1 is 1.26 bits per heavy atom. The number of Topliss-reactive ketones (excluding diaryl/α,β-unsaturated/α-hetero) is 1. The molecule has 1 aromatic carbocycles. The largest absolute Gasteiger partial charge is 0.295 e. The lowest BCUT2D eigenvalue weighted by Gasteiger charge is -2.23. The van der Waals surface area contributed by atoms with Gasteiger partial charge in [-0.25, -0.2) is 0 Å². The van der Waals surface area contributed by atoms with Crippen LogP contribution in [0.5, 0.6) is 0 Å². The second-order valence-electron chi connectivity index (χ2n) is 5.18. The third-order valence-electron chi connectivity index (χ3n) is 3.85. The van der Waals surface area contributed by atoms with Gasteiger partial charge in [-0.05, 0) is 54.5 Å². The number of hydrogen-bond donors (Lipinski definition) is 0. The lowest BCUT2D eigenvalue weighted by atomic mass is 9.81. The van der Waals surface area contributed by atoms with Crippen LogP contribution in [0, 0.1) is 0 Å². The lowest BCUT2D eigenvalue weighted by molar-refractivity contribution is -0.113. The molecule has 0 atom stereocenters. The van der Waals surface area contributed by atoms with Crippen LogP contribution in [0.1, 0.15) is 37.8 Å². The molecule has 0 heterocycles. The highest BCUT2D eigenvalue weighted by molar-refractivity contribution is 5.95. The van der Waals surface area contributed by atoms with Crippen LogP contribution in [-0.2, 0) is 4.79 Å². The van der Waals surface area contributed by atoms with Gasteiger partial charge in [-0.1, -0.05) is 49.6 Å². The molecule has 1 aliphatic rings. The summed E-state index contributed by atoms with van der Waals surface area (Å²) in [6, 6.07) is 8.19. The van der Waals surface area contributed by atoms with Gasteiger partial charge in [0.05, 0.1) is 0 Å². The number of ketones is 1. The SMILES string of the molecule is C=C.C=C=C1/C(=C/C/C(=C\C)C(C)=O)CC(=C)c2ccccc21. The van der Waals surface area contributed by atoms with Gasteiger partial charge in [0.1, 0.15) is 0 Å². The molecule has 0 amide bonds. The van der Waals surface area contributed by atoms with Gasteiger partial charge in [0.2, 0.25) is 0 Å². The van der Waals surface area contributed by atoms with E-state index in [0.717, 1.165) is 34.3 Å². The Hall–Kier alpha value is -2.63. The Balaban J connectivity index is 0.00000127. The third kappa shape index (κ3) is 4.18. The van der Waals surface area contributed by atoms with Crippen molar-refractivity contribution in [2.45, 2.75) is 26.7 Å². The third-order valence-corrected chi connectivity index (χ3v) is 3.85. The highest BCUT2D eigenvalue weighted by Gasteiger charge is 2.20. The Bertz CT molecular complexity index is 722. The second kappa shape index (κ2) is 8.73. The van der Waals surface area contributed by atoms with Crippen LogP contribution in [0.3, 0.4) is 0 Å². The molecule has 0 aromatic heterocycles. The zero-order chi connectivity index (χ0) is 17.4. The van der Waals surface area contributed by atoms with Gasteiger partial charge in [-0.3, -0.25) is 4.79 Å². The van der Waals surface area contributed by atoms with Gasteiger partial charge < -0.3 is 0 Å². The molecular weight excluding hydrogens is 280 g/mol. The topological polar surface area (TPSA) is 17.1 Å². The van der Waals surface area contributed by atoms with E-state index in [2.05, 4.69) is 50.3 Å². The summed E-state index contributed by atoms with van der Waals surface area (Å²) in [4.78, 5) is 11.5. The molecule has 0 radical (unpaired) electrons. The Labute approximate surface area is 139 Å². The molecule has 23 heavy (non-hydrogen) atoms. The van der Waals surface area contributed by atoms with Gasteiger partial charge in [0, 0.05) is 5.57 Å². The van der Waals surface area contributed by atoms with E-state index in [-0.39, 0.29) is 5.78 Å². The van der Waals surface area contributed by atoms with Gasteiger partial charge in [0.25, 0.3) is 0 Å².